The van der Waals surface area contributed by atoms with Crippen molar-refractivity contribution in [1.29, 1.82) is 0 Å². The molecule has 0 spiro atoms. The van der Waals surface area contributed by atoms with Gasteiger partial charge in [0.1, 0.15) is 0 Å². The van der Waals surface area contributed by atoms with E-state index in [9.17, 15) is 0 Å². The summed E-state index contributed by atoms with van der Waals surface area (Å²) in [6, 6.07) is 1.32. The minimum Gasteiger partial charge on any atom is -0.221 e. The number of rotatable bonds is 5. The molecule has 0 heterocycles. The van der Waals surface area contributed by atoms with Crippen LogP contribution in [0.2, 0.25) is 0 Å². The number of nitrogens with zero attached hydrogens (tertiary/aromatic N) is 2. The second-order valence-electron chi connectivity index (χ2n) is 4.28. The molecule has 1 saturated carbocycles. The zero-order valence-electron chi connectivity index (χ0n) is 9.29. The molecule has 0 aromatic rings. The van der Waals surface area contributed by atoms with Gasteiger partial charge < -0.3 is 0 Å². The first-order valence-corrected chi connectivity index (χ1v) is 5.71. The van der Waals surface area contributed by atoms with Crippen molar-refractivity contribution in [2.75, 3.05) is 6.54 Å². The lowest BCUT2D eigenvalue weighted by atomic mass is 10.2. The van der Waals surface area contributed by atoms with Gasteiger partial charge in [-0.05, 0) is 33.1 Å². The molecule has 1 radical (unpaired) electrons. The summed E-state index contributed by atoms with van der Waals surface area (Å²) in [4.78, 5) is 0. The van der Waals surface area contributed by atoms with Crippen LogP contribution in [-0.4, -0.2) is 23.6 Å². The van der Waals surface area contributed by atoms with E-state index in [1.165, 1.54) is 25.7 Å². The summed E-state index contributed by atoms with van der Waals surface area (Å²) < 4.78 is 0. The largest absolute Gasteiger partial charge is 0.221 e. The first-order chi connectivity index (χ1) is 6.25. The lowest BCUT2D eigenvalue weighted by Gasteiger charge is -2.31. The predicted molar refractivity (Wildman–Crippen MR) is 56.5 cm³/mol. The van der Waals surface area contributed by atoms with Gasteiger partial charge in [0, 0.05) is 18.6 Å². The fourth-order valence-electron chi connectivity index (χ4n) is 2.08. The third kappa shape index (κ3) is 3.28. The van der Waals surface area contributed by atoms with Gasteiger partial charge in [-0.2, -0.15) is 5.43 Å². The molecule has 0 aromatic carbocycles. The summed E-state index contributed by atoms with van der Waals surface area (Å²) in [5.41, 5.74) is 4.66. The maximum atomic E-state index is 4.66. The van der Waals surface area contributed by atoms with Crippen LogP contribution in [0.3, 0.4) is 0 Å². The lowest BCUT2D eigenvalue weighted by molar-refractivity contribution is 0.0812. The number of hydrogen-bond donors (Lipinski definition) is 0. The molecule has 1 aliphatic rings. The van der Waals surface area contributed by atoms with Gasteiger partial charge in [-0.15, -0.1) is 0 Å². The topological polar surface area (TPSA) is 17.3 Å². The minimum atomic E-state index is 0.578. The highest BCUT2D eigenvalue weighted by Crippen LogP contribution is 2.23. The zero-order valence-corrected chi connectivity index (χ0v) is 9.29. The summed E-state index contributed by atoms with van der Waals surface area (Å²) in [6.07, 6.45) is 6.66. The molecular formula is C11H23N2. The Hall–Kier alpha value is -0.0800. The third-order valence-corrected chi connectivity index (χ3v) is 2.71. The van der Waals surface area contributed by atoms with E-state index in [2.05, 4.69) is 31.2 Å². The quantitative estimate of drug-likeness (QED) is 0.599. The summed E-state index contributed by atoms with van der Waals surface area (Å²) in [6.45, 7) is 7.68. The van der Waals surface area contributed by atoms with Crippen molar-refractivity contribution in [2.24, 2.45) is 0 Å². The van der Waals surface area contributed by atoms with Crippen LogP contribution in [0.15, 0.2) is 0 Å². The van der Waals surface area contributed by atoms with E-state index in [1.807, 2.05) is 0 Å². The van der Waals surface area contributed by atoms with Crippen LogP contribution < -0.4 is 5.43 Å². The van der Waals surface area contributed by atoms with Gasteiger partial charge in [-0.3, -0.25) is 0 Å². The van der Waals surface area contributed by atoms with Crippen LogP contribution in [-0.2, 0) is 0 Å². The Bertz CT molecular complexity index is 128. The zero-order chi connectivity index (χ0) is 9.68. The molecule has 2 nitrogen and oxygen atoms in total. The minimum absolute atomic E-state index is 0.578. The molecular weight excluding hydrogens is 160 g/mol. The first kappa shape index (κ1) is 11.0. The average molecular weight is 183 g/mol. The smallest absolute Gasteiger partial charge is 0.0304 e. The van der Waals surface area contributed by atoms with E-state index >= 15 is 0 Å². The fourth-order valence-corrected chi connectivity index (χ4v) is 2.08. The Balaban J connectivity index is 2.36. The van der Waals surface area contributed by atoms with E-state index in [-0.39, 0.29) is 0 Å². The summed E-state index contributed by atoms with van der Waals surface area (Å²) >= 11 is 0. The molecule has 13 heavy (non-hydrogen) atoms. The van der Waals surface area contributed by atoms with Crippen molar-refractivity contribution in [3.8, 4) is 0 Å². The van der Waals surface area contributed by atoms with Crippen LogP contribution >= 0.6 is 0 Å². The van der Waals surface area contributed by atoms with Crippen molar-refractivity contribution in [3.05, 3.63) is 0 Å². The number of hydrogen-bond acceptors (Lipinski definition) is 1. The normalized spacial score (nSPS) is 19.2. The molecule has 0 unspecified atom stereocenters. The molecule has 1 aliphatic carbocycles. The molecule has 1 fully saturated rings. The Labute approximate surface area is 82.7 Å². The maximum Gasteiger partial charge on any atom is 0.0304 e. The molecule has 77 valence electrons. The van der Waals surface area contributed by atoms with Gasteiger partial charge in [0.2, 0.25) is 0 Å². The first-order valence-electron chi connectivity index (χ1n) is 5.71. The summed E-state index contributed by atoms with van der Waals surface area (Å²) in [7, 11) is 0. The Morgan fingerprint density at radius 2 is 1.92 bits per heavy atom. The Morgan fingerprint density at radius 1 is 1.31 bits per heavy atom. The SMILES string of the molecule is CCC[N]N(C(C)C)C1CCCC1. The molecule has 0 amide bonds. The molecule has 0 atom stereocenters. The van der Waals surface area contributed by atoms with Crippen molar-refractivity contribution < 1.29 is 0 Å². The second kappa shape index (κ2) is 5.61. The maximum absolute atomic E-state index is 4.66. The van der Waals surface area contributed by atoms with Crippen LogP contribution in [0.25, 0.3) is 0 Å². The second-order valence-corrected chi connectivity index (χ2v) is 4.28. The highest BCUT2D eigenvalue weighted by atomic mass is 15.5. The van der Waals surface area contributed by atoms with Gasteiger partial charge >= 0.3 is 0 Å². The highest BCUT2D eigenvalue weighted by molar-refractivity contribution is 4.76. The molecule has 2 heteroatoms. The molecule has 0 aliphatic heterocycles. The third-order valence-electron chi connectivity index (χ3n) is 2.71. The van der Waals surface area contributed by atoms with Gasteiger partial charge in [0.05, 0.1) is 0 Å². The van der Waals surface area contributed by atoms with E-state index in [0.717, 1.165) is 19.0 Å². The van der Waals surface area contributed by atoms with Crippen molar-refractivity contribution >= 4 is 0 Å². The van der Waals surface area contributed by atoms with Gasteiger partial charge in [0.25, 0.3) is 0 Å². The van der Waals surface area contributed by atoms with Gasteiger partial charge in [-0.1, -0.05) is 19.8 Å². The fraction of sp³-hybridized carbons (Fsp3) is 1.00. The van der Waals surface area contributed by atoms with Crippen LogP contribution in [0.5, 0.6) is 0 Å². The highest BCUT2D eigenvalue weighted by Gasteiger charge is 2.24. The molecule has 0 bridgehead atoms. The summed E-state index contributed by atoms with van der Waals surface area (Å²) in [5, 5.41) is 2.34. The molecule has 1 rings (SSSR count). The van der Waals surface area contributed by atoms with Gasteiger partial charge in [-0.25, -0.2) is 5.01 Å². The standard InChI is InChI=1S/C11H23N2/c1-4-9-12-13(10(2)3)11-7-5-6-8-11/h10-11H,4-9H2,1-3H3. The lowest BCUT2D eigenvalue weighted by Crippen LogP contribution is -2.44. The van der Waals surface area contributed by atoms with E-state index in [4.69, 9.17) is 0 Å². The monoisotopic (exact) mass is 183 g/mol. The predicted octanol–water partition coefficient (Wildman–Crippen LogP) is 2.57. The van der Waals surface area contributed by atoms with E-state index in [0.29, 0.717) is 6.04 Å². The Morgan fingerprint density at radius 3 is 2.38 bits per heavy atom. The van der Waals surface area contributed by atoms with Gasteiger partial charge in [0.15, 0.2) is 0 Å². The van der Waals surface area contributed by atoms with Crippen LogP contribution in [0.1, 0.15) is 52.9 Å². The van der Waals surface area contributed by atoms with Crippen molar-refractivity contribution in [2.45, 2.75) is 65.0 Å². The Kier molecular flexibility index (Phi) is 4.74. The van der Waals surface area contributed by atoms with E-state index < -0.39 is 0 Å². The molecule has 0 saturated heterocycles. The van der Waals surface area contributed by atoms with Crippen molar-refractivity contribution in [3.63, 3.8) is 0 Å². The van der Waals surface area contributed by atoms with Crippen molar-refractivity contribution in [1.82, 2.24) is 10.4 Å². The summed E-state index contributed by atoms with van der Waals surface area (Å²) in [5.74, 6) is 0. The average Bonchev–Trinajstić information content (AvgIpc) is 2.57. The molecule has 0 N–H and O–H groups in total. The van der Waals surface area contributed by atoms with Crippen LogP contribution in [0, 0.1) is 0 Å². The molecule has 0 aromatic heterocycles. The van der Waals surface area contributed by atoms with Crippen LogP contribution in [0.4, 0.5) is 0 Å². The van der Waals surface area contributed by atoms with E-state index in [1.54, 1.807) is 0 Å².